The van der Waals surface area contributed by atoms with E-state index in [0.29, 0.717) is 6.08 Å². The van der Waals surface area contributed by atoms with E-state index < -0.39 is 68.5 Å². The van der Waals surface area contributed by atoms with Crippen LogP contribution < -0.4 is 0 Å². The molecule has 1 rings (SSSR count). The lowest BCUT2D eigenvalue weighted by molar-refractivity contribution is -0.137. The Morgan fingerprint density at radius 1 is 1.32 bits per heavy atom. The van der Waals surface area contributed by atoms with Crippen molar-refractivity contribution in [1.82, 2.24) is 0 Å². The second kappa shape index (κ2) is 12.2. The van der Waals surface area contributed by atoms with Crippen molar-refractivity contribution in [3.63, 3.8) is 0 Å². The van der Waals surface area contributed by atoms with Gasteiger partial charge in [0.15, 0.2) is 0 Å². The molecule has 0 heterocycles. The highest BCUT2D eigenvalue weighted by molar-refractivity contribution is 5.66. The molecule has 5 atom stereocenters. The molecule has 0 spiro atoms. The maximum atomic E-state index is 10.6. The van der Waals surface area contributed by atoms with Crippen LogP contribution in [0.1, 0.15) is 79.5 Å². The minimum Gasteiger partial charge on any atom is -0.481 e. The standard InChI is InChI=1S/C20H34O5/c1-2-3-4-5-6-7-10-16-17(19(23)14-18(16)22)13-12-15(21)9-8-11-20(24)25/h6-7,12-13,15-19,21-23H,2-5,8-11,14H2,1H3,(H,24,25)/b7-6-,13-12+/t15-,16+,17-,18+,19-/m0/s1/i1D3,2D2,3D2,4D2,5D2. The summed E-state index contributed by atoms with van der Waals surface area (Å²) in [7, 11) is 0. The monoisotopic (exact) mass is 365 g/mol. The van der Waals surface area contributed by atoms with Gasteiger partial charge in [0.2, 0.25) is 0 Å². The average molecular weight is 366 g/mol. The Kier molecular flexibility index (Phi) is 5.01. The predicted octanol–water partition coefficient (Wildman–Crippen LogP) is 3.04. The molecule has 0 amide bonds. The van der Waals surface area contributed by atoms with Crippen molar-refractivity contribution in [2.24, 2.45) is 11.8 Å². The molecule has 5 nitrogen and oxygen atoms in total. The summed E-state index contributed by atoms with van der Waals surface area (Å²) in [5, 5.41) is 39.2. The number of allylic oxidation sites excluding steroid dienone is 2. The van der Waals surface area contributed by atoms with Crippen molar-refractivity contribution < 1.29 is 40.3 Å². The van der Waals surface area contributed by atoms with Gasteiger partial charge in [-0.25, -0.2) is 0 Å². The molecule has 0 radical (unpaired) electrons. The van der Waals surface area contributed by atoms with Crippen molar-refractivity contribution in [2.75, 3.05) is 0 Å². The van der Waals surface area contributed by atoms with E-state index in [-0.39, 0.29) is 32.1 Å². The topological polar surface area (TPSA) is 98.0 Å². The van der Waals surface area contributed by atoms with Crippen LogP contribution in [0.15, 0.2) is 24.3 Å². The number of hydrogen-bond donors (Lipinski definition) is 4. The third-order valence-electron chi connectivity index (χ3n) is 4.17. The lowest BCUT2D eigenvalue weighted by atomic mass is 9.89. The molecule has 25 heavy (non-hydrogen) atoms. The highest BCUT2D eigenvalue weighted by Crippen LogP contribution is 2.36. The Morgan fingerprint density at radius 3 is 2.84 bits per heavy atom. The molecule has 0 aromatic rings. The first kappa shape index (κ1) is 10.2. The zero-order valence-electron chi connectivity index (χ0n) is 24.9. The SMILES string of the molecule is [2H]C([2H])([2H])C([2H])([2H])C([2H])([2H])C([2H])([2H])C([2H])([2H])/C=C\C[C@@H]1[C@H](/C=C/[C@@H](O)CCCC(=O)O)[C@@H](O)C[C@H]1O. The first-order chi connectivity index (χ1) is 16.1. The lowest BCUT2D eigenvalue weighted by Crippen LogP contribution is -2.20. The van der Waals surface area contributed by atoms with Crippen molar-refractivity contribution in [3.8, 4) is 0 Å². The lowest BCUT2D eigenvalue weighted by Gasteiger charge is -2.19. The molecular weight excluding hydrogens is 320 g/mol. The Bertz CT molecular complexity index is 810. The Labute approximate surface area is 166 Å². The van der Waals surface area contributed by atoms with Gasteiger partial charge in [-0.15, -0.1) is 0 Å². The first-order valence-corrected chi connectivity index (χ1v) is 8.22. The second-order valence-corrected chi connectivity index (χ2v) is 6.01. The average Bonchev–Trinajstić information content (AvgIpc) is 2.97. The van der Waals surface area contributed by atoms with E-state index in [4.69, 9.17) is 20.2 Å². The zero-order valence-corrected chi connectivity index (χ0v) is 13.9. The van der Waals surface area contributed by atoms with E-state index in [1.54, 1.807) is 0 Å². The van der Waals surface area contributed by atoms with Crippen LogP contribution in [0.25, 0.3) is 0 Å². The number of hydrogen-bond acceptors (Lipinski definition) is 4. The van der Waals surface area contributed by atoms with Crippen molar-refractivity contribution >= 4 is 5.97 Å². The Balaban J connectivity index is 3.02. The largest absolute Gasteiger partial charge is 0.481 e. The third-order valence-corrected chi connectivity index (χ3v) is 4.17. The highest BCUT2D eigenvalue weighted by atomic mass is 16.4. The molecule has 1 saturated carbocycles. The number of carboxylic acids is 1. The van der Waals surface area contributed by atoms with Gasteiger partial charge in [0.25, 0.3) is 0 Å². The number of aliphatic carboxylic acids is 1. The van der Waals surface area contributed by atoms with Crippen molar-refractivity contribution in [2.45, 2.75) is 82.8 Å². The van der Waals surface area contributed by atoms with E-state index in [1.165, 1.54) is 12.2 Å². The molecule has 1 aliphatic carbocycles. The van der Waals surface area contributed by atoms with Crippen LogP contribution in [0.4, 0.5) is 0 Å². The quantitative estimate of drug-likeness (QED) is 0.399. The van der Waals surface area contributed by atoms with Gasteiger partial charge >= 0.3 is 5.97 Å². The summed E-state index contributed by atoms with van der Waals surface area (Å²) >= 11 is 0. The second-order valence-electron chi connectivity index (χ2n) is 6.01. The molecule has 0 aromatic heterocycles. The molecule has 0 aliphatic heterocycles. The van der Waals surface area contributed by atoms with E-state index in [2.05, 4.69) is 0 Å². The van der Waals surface area contributed by atoms with Crippen LogP contribution in [0.2, 0.25) is 0 Å². The first-order valence-electron chi connectivity index (χ1n) is 13.7. The van der Waals surface area contributed by atoms with Crippen LogP contribution in [0, 0.1) is 11.8 Å². The zero-order chi connectivity index (χ0) is 28.3. The van der Waals surface area contributed by atoms with Gasteiger partial charge in [-0.05, 0) is 37.9 Å². The number of carboxylic acid groups (broad SMARTS) is 1. The summed E-state index contributed by atoms with van der Waals surface area (Å²) in [5.74, 6) is -2.34. The van der Waals surface area contributed by atoms with Gasteiger partial charge in [-0.3, -0.25) is 4.79 Å². The van der Waals surface area contributed by atoms with Crippen molar-refractivity contribution in [1.29, 1.82) is 0 Å². The number of carbonyl (C=O) groups is 1. The molecule has 5 heteroatoms. The fourth-order valence-corrected chi connectivity index (χ4v) is 2.91. The fourth-order valence-electron chi connectivity index (χ4n) is 2.91. The molecule has 1 fully saturated rings. The van der Waals surface area contributed by atoms with Gasteiger partial charge in [0, 0.05) is 33.8 Å². The maximum absolute atomic E-state index is 10.6. The van der Waals surface area contributed by atoms with E-state index in [0.717, 1.165) is 6.08 Å². The highest BCUT2D eigenvalue weighted by Gasteiger charge is 2.39. The van der Waals surface area contributed by atoms with Crippen molar-refractivity contribution in [3.05, 3.63) is 24.3 Å². The summed E-state index contributed by atoms with van der Waals surface area (Å²) < 4.78 is 84.6. The summed E-state index contributed by atoms with van der Waals surface area (Å²) in [6, 6.07) is 0. The predicted molar refractivity (Wildman–Crippen MR) is 98.1 cm³/mol. The van der Waals surface area contributed by atoms with Crippen LogP contribution >= 0.6 is 0 Å². The van der Waals surface area contributed by atoms with Crippen LogP contribution in [-0.2, 0) is 4.79 Å². The molecule has 4 N–H and O–H groups in total. The number of aliphatic hydroxyl groups excluding tert-OH is 3. The van der Waals surface area contributed by atoms with Gasteiger partial charge in [-0.1, -0.05) is 43.9 Å². The van der Waals surface area contributed by atoms with Crippen LogP contribution in [0.5, 0.6) is 0 Å². The van der Waals surface area contributed by atoms with Gasteiger partial charge in [0.05, 0.1) is 18.3 Å². The molecule has 0 aromatic carbocycles. The Hall–Kier alpha value is -1.17. The minimum atomic E-state index is -3.76. The Morgan fingerprint density at radius 2 is 2.12 bits per heavy atom. The van der Waals surface area contributed by atoms with Gasteiger partial charge in [-0.2, -0.15) is 0 Å². The summed E-state index contributed by atoms with van der Waals surface area (Å²) in [6.07, 6.45) is -12.5. The summed E-state index contributed by atoms with van der Waals surface area (Å²) in [4.78, 5) is 10.6. The smallest absolute Gasteiger partial charge is 0.303 e. The molecule has 144 valence electrons. The number of rotatable bonds is 12. The molecule has 0 bridgehead atoms. The van der Waals surface area contributed by atoms with E-state index in [1.807, 2.05) is 0 Å². The van der Waals surface area contributed by atoms with E-state index >= 15 is 0 Å². The molecule has 1 aliphatic rings. The third kappa shape index (κ3) is 8.66. The molecular formula is C20H34O5. The van der Waals surface area contributed by atoms with Gasteiger partial charge < -0.3 is 20.4 Å². The molecule has 0 saturated heterocycles. The van der Waals surface area contributed by atoms with Crippen LogP contribution in [0.3, 0.4) is 0 Å². The maximum Gasteiger partial charge on any atom is 0.303 e. The van der Waals surface area contributed by atoms with Gasteiger partial charge in [0.1, 0.15) is 0 Å². The van der Waals surface area contributed by atoms with E-state index in [9.17, 15) is 20.1 Å². The normalized spacial score (nSPS) is 37.5. The fraction of sp³-hybridized carbons (Fsp3) is 0.750. The number of aliphatic hydroxyl groups is 3. The summed E-state index contributed by atoms with van der Waals surface area (Å²) in [5.41, 5.74) is 0. The molecule has 0 unspecified atom stereocenters. The van der Waals surface area contributed by atoms with Crippen LogP contribution in [-0.4, -0.2) is 44.7 Å². The summed E-state index contributed by atoms with van der Waals surface area (Å²) in [6.45, 7) is -3.56. The minimum absolute atomic E-state index is 0.0162.